The highest BCUT2D eigenvalue weighted by atomic mass is 16.5. The average molecular weight is 476 g/mol. The molecule has 3 fully saturated rings. The van der Waals surface area contributed by atoms with Gasteiger partial charge in [-0.1, -0.05) is 0 Å². The fraction of sp³-hybridized carbons (Fsp3) is 0.538. The molecule has 0 amide bonds. The third-order valence-corrected chi connectivity index (χ3v) is 7.09. The normalized spacial score (nSPS) is 22.7. The van der Waals surface area contributed by atoms with Gasteiger partial charge in [-0.05, 0) is 51.5 Å². The first-order valence-corrected chi connectivity index (χ1v) is 12.8. The minimum atomic E-state index is 0.164. The van der Waals surface area contributed by atoms with Crippen molar-refractivity contribution in [3.05, 3.63) is 36.3 Å². The Morgan fingerprint density at radius 1 is 0.914 bits per heavy atom. The third kappa shape index (κ3) is 5.24. The zero-order valence-corrected chi connectivity index (χ0v) is 20.2. The van der Waals surface area contributed by atoms with Crippen LogP contribution in [0.4, 0.5) is 17.5 Å². The van der Waals surface area contributed by atoms with E-state index in [0.717, 1.165) is 91.8 Å². The largest absolute Gasteiger partial charge is 0.488 e. The summed E-state index contributed by atoms with van der Waals surface area (Å²) in [5.41, 5.74) is 3.91. The number of aryl methyl sites for hydroxylation is 1. The van der Waals surface area contributed by atoms with Gasteiger partial charge in [0.15, 0.2) is 0 Å². The molecule has 2 aromatic heterocycles. The van der Waals surface area contributed by atoms with E-state index in [9.17, 15) is 0 Å². The van der Waals surface area contributed by atoms with Crippen LogP contribution in [-0.2, 0) is 4.74 Å². The first-order chi connectivity index (χ1) is 17.2. The van der Waals surface area contributed by atoms with E-state index in [1.165, 1.54) is 12.8 Å². The second-order valence-corrected chi connectivity index (χ2v) is 9.85. The molecule has 0 spiro atoms. The minimum absolute atomic E-state index is 0.164. The summed E-state index contributed by atoms with van der Waals surface area (Å²) < 4.78 is 12.1. The molecule has 0 radical (unpaired) electrons. The number of aromatic nitrogens is 4. The lowest BCUT2D eigenvalue weighted by atomic mass is 9.92. The number of nitrogens with zero attached hydrogens (tertiary/aromatic N) is 5. The zero-order chi connectivity index (χ0) is 23.6. The predicted molar refractivity (Wildman–Crippen MR) is 136 cm³/mol. The van der Waals surface area contributed by atoms with Crippen LogP contribution in [0.25, 0.3) is 11.0 Å². The molecule has 0 unspecified atom stereocenters. The van der Waals surface area contributed by atoms with Gasteiger partial charge in [0, 0.05) is 61.1 Å². The van der Waals surface area contributed by atoms with Gasteiger partial charge in [-0.25, -0.2) is 9.97 Å². The van der Waals surface area contributed by atoms with E-state index in [-0.39, 0.29) is 6.10 Å². The van der Waals surface area contributed by atoms with Crippen LogP contribution < -0.4 is 20.3 Å². The average Bonchev–Trinajstić information content (AvgIpc) is 3.72. The number of rotatable bonds is 7. The Balaban J connectivity index is 1.12. The molecule has 9 heteroatoms. The van der Waals surface area contributed by atoms with E-state index in [1.807, 2.05) is 6.20 Å². The van der Waals surface area contributed by atoms with Crippen LogP contribution in [0.5, 0.6) is 5.75 Å². The maximum absolute atomic E-state index is 6.57. The van der Waals surface area contributed by atoms with Crippen molar-refractivity contribution in [2.75, 3.05) is 41.8 Å². The molecule has 2 saturated carbocycles. The van der Waals surface area contributed by atoms with E-state index in [4.69, 9.17) is 14.5 Å². The van der Waals surface area contributed by atoms with Crippen LogP contribution in [0.3, 0.4) is 0 Å². The summed E-state index contributed by atoms with van der Waals surface area (Å²) in [6.07, 6.45) is 12.0. The highest BCUT2D eigenvalue weighted by Crippen LogP contribution is 2.33. The SMILES string of the molecule is Cc1cnc(NC2CC2)nc1NC1CCC(Oc2cc(N3CCOCC3)cc3nccnc23)CC1. The van der Waals surface area contributed by atoms with Crippen LogP contribution in [0.2, 0.25) is 0 Å². The molecule has 9 nitrogen and oxygen atoms in total. The molecule has 1 saturated heterocycles. The van der Waals surface area contributed by atoms with Crippen LogP contribution in [0.1, 0.15) is 44.1 Å². The topological polar surface area (TPSA) is 97.3 Å². The van der Waals surface area contributed by atoms with Crippen molar-refractivity contribution in [1.82, 2.24) is 19.9 Å². The van der Waals surface area contributed by atoms with Gasteiger partial charge in [0.1, 0.15) is 17.1 Å². The van der Waals surface area contributed by atoms with Crippen molar-refractivity contribution >= 4 is 28.5 Å². The second kappa shape index (κ2) is 9.81. The van der Waals surface area contributed by atoms with Crippen LogP contribution in [0, 0.1) is 6.92 Å². The Morgan fingerprint density at radius 3 is 2.46 bits per heavy atom. The number of benzene rings is 1. The summed E-state index contributed by atoms with van der Waals surface area (Å²) in [7, 11) is 0. The van der Waals surface area contributed by atoms with Crippen LogP contribution >= 0.6 is 0 Å². The molecule has 3 aliphatic rings. The molecule has 2 aliphatic carbocycles. The minimum Gasteiger partial charge on any atom is -0.488 e. The summed E-state index contributed by atoms with van der Waals surface area (Å²) in [4.78, 5) is 20.6. The molecule has 6 rings (SSSR count). The number of fused-ring (bicyclic) bond motifs is 1. The zero-order valence-electron chi connectivity index (χ0n) is 20.2. The van der Waals surface area contributed by atoms with Crippen molar-refractivity contribution in [2.45, 2.75) is 63.6 Å². The van der Waals surface area contributed by atoms with Crippen molar-refractivity contribution in [2.24, 2.45) is 0 Å². The molecule has 0 bridgehead atoms. The van der Waals surface area contributed by atoms with Crippen molar-refractivity contribution in [3.63, 3.8) is 0 Å². The smallest absolute Gasteiger partial charge is 0.224 e. The molecule has 3 aromatic rings. The lowest BCUT2D eigenvalue weighted by Crippen LogP contribution is -2.36. The number of hydrogen-bond acceptors (Lipinski definition) is 9. The maximum Gasteiger partial charge on any atom is 0.224 e. The number of anilines is 3. The maximum atomic E-state index is 6.57. The van der Waals surface area contributed by atoms with E-state index in [1.54, 1.807) is 12.4 Å². The van der Waals surface area contributed by atoms with Crippen LogP contribution in [-0.4, -0.2) is 64.4 Å². The quantitative estimate of drug-likeness (QED) is 0.526. The highest BCUT2D eigenvalue weighted by Gasteiger charge is 2.26. The molecule has 1 aromatic carbocycles. The first-order valence-electron chi connectivity index (χ1n) is 12.8. The Kier molecular flexibility index (Phi) is 6.24. The van der Waals surface area contributed by atoms with Gasteiger partial charge in [-0.2, -0.15) is 4.98 Å². The summed E-state index contributed by atoms with van der Waals surface area (Å²) in [6, 6.07) is 5.16. The third-order valence-electron chi connectivity index (χ3n) is 7.09. The molecule has 0 atom stereocenters. The first kappa shape index (κ1) is 22.3. The Morgan fingerprint density at radius 2 is 1.66 bits per heavy atom. The molecule has 3 heterocycles. The number of morpholine rings is 1. The van der Waals surface area contributed by atoms with Gasteiger partial charge in [0.2, 0.25) is 5.95 Å². The van der Waals surface area contributed by atoms with Gasteiger partial charge in [-0.15, -0.1) is 0 Å². The van der Waals surface area contributed by atoms with Crippen molar-refractivity contribution in [1.29, 1.82) is 0 Å². The van der Waals surface area contributed by atoms with E-state index >= 15 is 0 Å². The molecule has 2 N–H and O–H groups in total. The number of hydrogen-bond donors (Lipinski definition) is 2. The number of ether oxygens (including phenoxy) is 2. The molecule has 35 heavy (non-hydrogen) atoms. The van der Waals surface area contributed by atoms with Gasteiger partial charge in [0.25, 0.3) is 0 Å². The lowest BCUT2D eigenvalue weighted by molar-refractivity contribution is 0.122. The Labute approximate surface area is 205 Å². The highest BCUT2D eigenvalue weighted by molar-refractivity contribution is 5.85. The second-order valence-electron chi connectivity index (χ2n) is 9.85. The Bertz CT molecular complexity index is 1170. The van der Waals surface area contributed by atoms with E-state index < -0.39 is 0 Å². The summed E-state index contributed by atoms with van der Waals surface area (Å²) in [5.74, 6) is 2.49. The van der Waals surface area contributed by atoms with Gasteiger partial charge in [0.05, 0.1) is 24.8 Å². The van der Waals surface area contributed by atoms with Crippen molar-refractivity contribution < 1.29 is 9.47 Å². The molecular formula is C26H33N7O2. The fourth-order valence-corrected chi connectivity index (χ4v) is 4.89. The lowest BCUT2D eigenvalue weighted by Gasteiger charge is -2.31. The van der Waals surface area contributed by atoms with Gasteiger partial charge < -0.3 is 25.0 Å². The monoisotopic (exact) mass is 475 g/mol. The summed E-state index contributed by atoms with van der Waals surface area (Å²) >= 11 is 0. The fourth-order valence-electron chi connectivity index (χ4n) is 4.89. The molecular weight excluding hydrogens is 442 g/mol. The van der Waals surface area contributed by atoms with Crippen molar-refractivity contribution in [3.8, 4) is 5.75 Å². The van der Waals surface area contributed by atoms with Crippen LogP contribution in [0.15, 0.2) is 30.7 Å². The van der Waals surface area contributed by atoms with E-state index in [0.29, 0.717) is 12.1 Å². The van der Waals surface area contributed by atoms with Gasteiger partial charge in [-0.3, -0.25) is 4.98 Å². The molecule has 184 valence electrons. The molecule has 1 aliphatic heterocycles. The summed E-state index contributed by atoms with van der Waals surface area (Å²) in [6.45, 7) is 5.31. The van der Waals surface area contributed by atoms with Gasteiger partial charge >= 0.3 is 0 Å². The number of nitrogens with one attached hydrogen (secondary N) is 2. The van der Waals surface area contributed by atoms with E-state index in [2.05, 4.69) is 49.5 Å². The predicted octanol–water partition coefficient (Wildman–Crippen LogP) is 3.94. The summed E-state index contributed by atoms with van der Waals surface area (Å²) in [5, 5.41) is 7.06. The Hall–Kier alpha value is -3.20. The standard InChI is InChI=1S/C26H33N7O2/c1-17-16-29-26(31-19-2-3-19)32-25(17)30-18-4-6-21(7-5-18)35-23-15-20(33-10-12-34-13-11-33)14-22-24(23)28-9-8-27-22/h8-9,14-16,18-19,21H,2-7,10-13H2,1H3,(H2,29,30,31,32).